The van der Waals surface area contributed by atoms with Crippen molar-refractivity contribution in [3.63, 3.8) is 0 Å². The molecule has 1 unspecified atom stereocenters. The van der Waals surface area contributed by atoms with Crippen molar-refractivity contribution in [3.05, 3.63) is 0 Å². The molecule has 1 heterocycles. The standard InChI is InChI=1S/C13H27NO2/c1-13(2,6-8-15-3)11-14-9-12-5-4-7-16-10-12/h12,14H,4-11H2,1-3H3. The van der Waals surface area contributed by atoms with Crippen LogP contribution in [0.1, 0.15) is 33.1 Å². The molecule has 0 aromatic heterocycles. The van der Waals surface area contributed by atoms with E-state index >= 15 is 0 Å². The van der Waals surface area contributed by atoms with Crippen LogP contribution in [0.2, 0.25) is 0 Å². The Morgan fingerprint density at radius 1 is 1.44 bits per heavy atom. The van der Waals surface area contributed by atoms with Crippen molar-refractivity contribution in [2.45, 2.75) is 33.1 Å². The fourth-order valence-corrected chi connectivity index (χ4v) is 2.05. The predicted molar refractivity (Wildman–Crippen MR) is 66.7 cm³/mol. The Morgan fingerprint density at radius 2 is 2.25 bits per heavy atom. The van der Waals surface area contributed by atoms with Crippen molar-refractivity contribution in [3.8, 4) is 0 Å². The van der Waals surface area contributed by atoms with Gasteiger partial charge in [0.1, 0.15) is 0 Å². The normalized spacial score (nSPS) is 22.3. The number of hydrogen-bond donors (Lipinski definition) is 1. The van der Waals surface area contributed by atoms with E-state index in [0.717, 1.165) is 39.3 Å². The Morgan fingerprint density at radius 3 is 2.88 bits per heavy atom. The predicted octanol–water partition coefficient (Wildman–Crippen LogP) is 2.07. The largest absolute Gasteiger partial charge is 0.385 e. The molecular formula is C13H27NO2. The molecule has 0 aromatic carbocycles. The van der Waals surface area contributed by atoms with E-state index in [-0.39, 0.29) is 0 Å². The van der Waals surface area contributed by atoms with Crippen molar-refractivity contribution in [2.75, 3.05) is 40.0 Å². The molecule has 1 fully saturated rings. The second kappa shape index (κ2) is 7.25. The molecule has 3 heteroatoms. The highest BCUT2D eigenvalue weighted by atomic mass is 16.5. The minimum absolute atomic E-state index is 0.325. The summed E-state index contributed by atoms with van der Waals surface area (Å²) in [5, 5.41) is 3.57. The van der Waals surface area contributed by atoms with Crippen LogP contribution >= 0.6 is 0 Å². The van der Waals surface area contributed by atoms with Gasteiger partial charge >= 0.3 is 0 Å². The fourth-order valence-electron chi connectivity index (χ4n) is 2.05. The zero-order chi connectivity index (χ0) is 11.9. The van der Waals surface area contributed by atoms with E-state index in [4.69, 9.17) is 9.47 Å². The van der Waals surface area contributed by atoms with E-state index in [1.165, 1.54) is 12.8 Å². The number of methoxy groups -OCH3 is 1. The van der Waals surface area contributed by atoms with Crippen LogP contribution in [0.25, 0.3) is 0 Å². The van der Waals surface area contributed by atoms with Gasteiger partial charge in [0.15, 0.2) is 0 Å². The van der Waals surface area contributed by atoms with Crippen molar-refractivity contribution < 1.29 is 9.47 Å². The van der Waals surface area contributed by atoms with Gasteiger partial charge in [-0.2, -0.15) is 0 Å². The molecule has 1 aliphatic heterocycles. The van der Waals surface area contributed by atoms with Gasteiger partial charge in [0.25, 0.3) is 0 Å². The lowest BCUT2D eigenvalue weighted by Crippen LogP contribution is -2.35. The first kappa shape index (κ1) is 13.9. The third kappa shape index (κ3) is 5.83. The highest BCUT2D eigenvalue weighted by Gasteiger charge is 2.19. The molecule has 0 radical (unpaired) electrons. The third-order valence-electron chi connectivity index (χ3n) is 3.27. The van der Waals surface area contributed by atoms with Crippen molar-refractivity contribution in [1.82, 2.24) is 5.32 Å². The number of ether oxygens (including phenoxy) is 2. The van der Waals surface area contributed by atoms with Gasteiger partial charge < -0.3 is 14.8 Å². The fraction of sp³-hybridized carbons (Fsp3) is 1.00. The van der Waals surface area contributed by atoms with Crippen LogP contribution in [-0.4, -0.2) is 40.0 Å². The molecule has 1 N–H and O–H groups in total. The van der Waals surface area contributed by atoms with Gasteiger partial charge in [0.2, 0.25) is 0 Å². The van der Waals surface area contributed by atoms with Crippen LogP contribution in [0.15, 0.2) is 0 Å². The maximum Gasteiger partial charge on any atom is 0.0506 e. The number of hydrogen-bond acceptors (Lipinski definition) is 3. The first-order valence-corrected chi connectivity index (χ1v) is 6.41. The summed E-state index contributed by atoms with van der Waals surface area (Å²) in [4.78, 5) is 0. The molecule has 0 aromatic rings. The zero-order valence-corrected chi connectivity index (χ0v) is 11.1. The molecule has 0 aliphatic carbocycles. The Balaban J connectivity index is 2.08. The Bertz CT molecular complexity index is 177. The molecule has 1 rings (SSSR count). The summed E-state index contributed by atoms with van der Waals surface area (Å²) >= 11 is 0. The van der Waals surface area contributed by atoms with Gasteiger partial charge in [-0.25, -0.2) is 0 Å². The quantitative estimate of drug-likeness (QED) is 0.725. The molecular weight excluding hydrogens is 202 g/mol. The number of nitrogens with one attached hydrogen (secondary N) is 1. The highest BCUT2D eigenvalue weighted by Crippen LogP contribution is 2.19. The Hall–Kier alpha value is -0.120. The topological polar surface area (TPSA) is 30.5 Å². The average Bonchev–Trinajstić information content (AvgIpc) is 2.28. The molecule has 16 heavy (non-hydrogen) atoms. The van der Waals surface area contributed by atoms with Crippen LogP contribution in [0.3, 0.4) is 0 Å². The summed E-state index contributed by atoms with van der Waals surface area (Å²) < 4.78 is 10.6. The molecule has 0 bridgehead atoms. The summed E-state index contributed by atoms with van der Waals surface area (Å²) in [5.74, 6) is 0.715. The van der Waals surface area contributed by atoms with Gasteiger partial charge in [0.05, 0.1) is 6.61 Å². The molecule has 96 valence electrons. The lowest BCUT2D eigenvalue weighted by Gasteiger charge is -2.27. The van der Waals surface area contributed by atoms with E-state index in [1.807, 2.05) is 0 Å². The summed E-state index contributed by atoms with van der Waals surface area (Å²) in [6, 6.07) is 0. The van der Waals surface area contributed by atoms with Gasteiger partial charge in [-0.3, -0.25) is 0 Å². The maximum atomic E-state index is 5.47. The van der Waals surface area contributed by atoms with Crippen molar-refractivity contribution in [2.24, 2.45) is 11.3 Å². The van der Waals surface area contributed by atoms with Crippen molar-refractivity contribution >= 4 is 0 Å². The lowest BCUT2D eigenvalue weighted by atomic mass is 9.89. The summed E-state index contributed by atoms with van der Waals surface area (Å²) in [5.41, 5.74) is 0.325. The van der Waals surface area contributed by atoms with E-state index < -0.39 is 0 Å². The van der Waals surface area contributed by atoms with Gasteiger partial charge in [0, 0.05) is 33.4 Å². The molecule has 0 saturated carbocycles. The second-order valence-corrected chi connectivity index (χ2v) is 5.62. The van der Waals surface area contributed by atoms with Gasteiger partial charge in [-0.05, 0) is 30.6 Å². The van der Waals surface area contributed by atoms with E-state index in [2.05, 4.69) is 19.2 Å². The van der Waals surface area contributed by atoms with Gasteiger partial charge in [-0.1, -0.05) is 13.8 Å². The van der Waals surface area contributed by atoms with E-state index in [0.29, 0.717) is 11.3 Å². The maximum absolute atomic E-state index is 5.47. The van der Waals surface area contributed by atoms with Crippen LogP contribution < -0.4 is 5.32 Å². The summed E-state index contributed by atoms with van der Waals surface area (Å²) in [6.07, 6.45) is 3.64. The van der Waals surface area contributed by atoms with Crippen LogP contribution in [0.4, 0.5) is 0 Å². The molecule has 1 atom stereocenters. The minimum atomic E-state index is 0.325. The van der Waals surface area contributed by atoms with Crippen LogP contribution in [0, 0.1) is 11.3 Å². The van der Waals surface area contributed by atoms with Crippen LogP contribution in [-0.2, 0) is 9.47 Å². The van der Waals surface area contributed by atoms with Crippen LogP contribution in [0.5, 0.6) is 0 Å². The zero-order valence-electron chi connectivity index (χ0n) is 11.1. The average molecular weight is 229 g/mol. The van der Waals surface area contributed by atoms with Gasteiger partial charge in [-0.15, -0.1) is 0 Å². The molecule has 3 nitrogen and oxygen atoms in total. The molecule has 1 aliphatic rings. The summed E-state index contributed by atoms with van der Waals surface area (Å²) in [7, 11) is 1.77. The minimum Gasteiger partial charge on any atom is -0.385 e. The monoisotopic (exact) mass is 229 g/mol. The highest BCUT2D eigenvalue weighted by molar-refractivity contribution is 4.73. The van der Waals surface area contributed by atoms with E-state index in [9.17, 15) is 0 Å². The van der Waals surface area contributed by atoms with Crippen molar-refractivity contribution in [1.29, 1.82) is 0 Å². The molecule has 1 saturated heterocycles. The Labute approximate surface area is 99.9 Å². The lowest BCUT2D eigenvalue weighted by molar-refractivity contribution is 0.0534. The smallest absolute Gasteiger partial charge is 0.0506 e. The SMILES string of the molecule is COCCC(C)(C)CNCC1CCCOC1. The first-order chi connectivity index (χ1) is 7.64. The molecule has 0 spiro atoms. The van der Waals surface area contributed by atoms with E-state index in [1.54, 1.807) is 7.11 Å². The Kier molecular flexibility index (Phi) is 6.32. The number of rotatable bonds is 7. The third-order valence-corrected chi connectivity index (χ3v) is 3.27. The summed E-state index contributed by atoms with van der Waals surface area (Å²) in [6.45, 7) is 9.47. The second-order valence-electron chi connectivity index (χ2n) is 5.62. The first-order valence-electron chi connectivity index (χ1n) is 6.41. The molecule has 0 amide bonds.